The highest BCUT2D eigenvalue weighted by atomic mass is 32.1. The van der Waals surface area contributed by atoms with E-state index in [4.69, 9.17) is 27.4 Å². The molecule has 0 amide bonds. The Balaban J connectivity index is 1.41. The van der Waals surface area contributed by atoms with E-state index in [1.807, 2.05) is 42.5 Å². The highest BCUT2D eigenvalue weighted by molar-refractivity contribution is 7.80. The summed E-state index contributed by atoms with van der Waals surface area (Å²) in [5.41, 5.74) is 8.86. The van der Waals surface area contributed by atoms with Crippen molar-refractivity contribution < 1.29 is 9.47 Å². The molecule has 0 fully saturated rings. The lowest BCUT2D eigenvalue weighted by molar-refractivity contribution is 0.181. The molecule has 162 valence electrons. The van der Waals surface area contributed by atoms with Crippen LogP contribution in [0.15, 0.2) is 78.9 Å². The maximum absolute atomic E-state index is 5.98. The molecule has 0 saturated heterocycles. The molecule has 0 saturated carbocycles. The summed E-state index contributed by atoms with van der Waals surface area (Å²) >= 11 is 4.88. The first-order valence-electron chi connectivity index (χ1n) is 10.5. The zero-order valence-corrected chi connectivity index (χ0v) is 19.0. The second-order valence-electron chi connectivity index (χ2n) is 8.27. The number of nitrogens with two attached hydrogens (primary N) is 1. The van der Waals surface area contributed by atoms with Crippen molar-refractivity contribution in [1.82, 2.24) is 0 Å². The Morgan fingerprint density at radius 2 is 1.42 bits per heavy atom. The number of benzene rings is 3. The van der Waals surface area contributed by atoms with Gasteiger partial charge in [-0.1, -0.05) is 62.4 Å². The maximum atomic E-state index is 5.98. The van der Waals surface area contributed by atoms with Crippen LogP contribution in [0.3, 0.4) is 0 Å². The van der Waals surface area contributed by atoms with Crippen LogP contribution in [0.2, 0.25) is 0 Å². The number of rotatable bonds is 10. The van der Waals surface area contributed by atoms with Gasteiger partial charge in [-0.15, -0.1) is 0 Å². The average Bonchev–Trinajstić information content (AvgIpc) is 2.74. The van der Waals surface area contributed by atoms with Gasteiger partial charge >= 0.3 is 0 Å². The summed E-state index contributed by atoms with van der Waals surface area (Å²) in [6, 6.07) is 26.3. The van der Waals surface area contributed by atoms with Crippen molar-refractivity contribution >= 4 is 23.0 Å². The fraction of sp³-hybridized carbons (Fsp3) is 0.269. The van der Waals surface area contributed by atoms with Gasteiger partial charge in [0, 0.05) is 11.8 Å². The van der Waals surface area contributed by atoms with Crippen molar-refractivity contribution in [3.63, 3.8) is 0 Å². The molecular weight excluding hydrogens is 404 g/mol. The van der Waals surface area contributed by atoms with Crippen molar-refractivity contribution in [3.8, 4) is 22.6 Å². The number of anilines is 1. The van der Waals surface area contributed by atoms with Crippen LogP contribution in [0.5, 0.6) is 11.5 Å². The zero-order valence-electron chi connectivity index (χ0n) is 18.1. The molecule has 0 unspecified atom stereocenters. The molecule has 31 heavy (non-hydrogen) atoms. The smallest absolute Gasteiger partial charge is 0.168 e. The van der Waals surface area contributed by atoms with Gasteiger partial charge in [-0.3, -0.25) is 0 Å². The molecule has 4 nitrogen and oxygen atoms in total. The highest BCUT2D eigenvalue weighted by Crippen LogP contribution is 2.27. The van der Waals surface area contributed by atoms with E-state index in [1.165, 1.54) is 11.1 Å². The van der Waals surface area contributed by atoms with Crippen LogP contribution in [-0.2, 0) is 0 Å². The Morgan fingerprint density at radius 1 is 0.806 bits per heavy atom. The molecule has 3 N–H and O–H groups in total. The van der Waals surface area contributed by atoms with Gasteiger partial charge in [0.05, 0.1) is 13.2 Å². The van der Waals surface area contributed by atoms with E-state index in [2.05, 4.69) is 55.6 Å². The maximum Gasteiger partial charge on any atom is 0.168 e. The van der Waals surface area contributed by atoms with E-state index >= 15 is 0 Å². The van der Waals surface area contributed by atoms with E-state index in [1.54, 1.807) is 0 Å². The zero-order chi connectivity index (χ0) is 22.1. The lowest BCUT2D eigenvalue weighted by Gasteiger charge is -2.24. The molecule has 0 aliphatic rings. The van der Waals surface area contributed by atoms with Crippen LogP contribution in [0, 0.1) is 5.41 Å². The van der Waals surface area contributed by atoms with E-state index in [9.17, 15) is 0 Å². The van der Waals surface area contributed by atoms with Gasteiger partial charge in [0.15, 0.2) is 5.11 Å². The van der Waals surface area contributed by atoms with Crippen LogP contribution >= 0.6 is 12.2 Å². The third-order valence-corrected chi connectivity index (χ3v) is 5.26. The summed E-state index contributed by atoms with van der Waals surface area (Å²) in [7, 11) is 0. The average molecular weight is 435 g/mol. The molecule has 0 spiro atoms. The lowest BCUT2D eigenvalue weighted by Crippen LogP contribution is -2.19. The molecule has 0 aliphatic heterocycles. The number of hydrogen-bond acceptors (Lipinski definition) is 3. The Morgan fingerprint density at radius 3 is 2.06 bits per heavy atom. The first-order chi connectivity index (χ1) is 14.9. The summed E-state index contributed by atoms with van der Waals surface area (Å²) in [5, 5.41) is 3.16. The molecule has 0 radical (unpaired) electrons. The molecule has 3 rings (SSSR count). The van der Waals surface area contributed by atoms with E-state index < -0.39 is 0 Å². The Kier molecular flexibility index (Phi) is 7.90. The molecule has 3 aromatic rings. The standard InChI is InChI=1S/C26H30N2O2S/c1-26(2,16-18-30-24-10-6-9-22(19-24)28-25(27)31)15-17-29-23-13-11-21(12-14-23)20-7-4-3-5-8-20/h3-14,19H,15-18H2,1-2H3,(H3,27,28,31). The third kappa shape index (κ3) is 7.61. The first kappa shape index (κ1) is 22.6. The van der Waals surface area contributed by atoms with Crippen molar-refractivity contribution in [2.75, 3.05) is 18.5 Å². The fourth-order valence-electron chi connectivity index (χ4n) is 3.20. The monoisotopic (exact) mass is 434 g/mol. The van der Waals surface area contributed by atoms with Crippen LogP contribution < -0.4 is 20.5 Å². The number of nitrogens with one attached hydrogen (secondary N) is 1. The predicted molar refractivity (Wildman–Crippen MR) is 133 cm³/mol. The van der Waals surface area contributed by atoms with Crippen molar-refractivity contribution in [2.45, 2.75) is 26.7 Å². The van der Waals surface area contributed by atoms with Crippen LogP contribution in [-0.4, -0.2) is 18.3 Å². The Hall–Kier alpha value is -3.05. The Labute approximate surface area is 190 Å². The summed E-state index contributed by atoms with van der Waals surface area (Å²) in [4.78, 5) is 0. The molecule has 0 atom stereocenters. The molecule has 5 heteroatoms. The summed E-state index contributed by atoms with van der Waals surface area (Å²) < 4.78 is 11.9. The molecule has 0 aliphatic carbocycles. The van der Waals surface area contributed by atoms with E-state index in [0.717, 1.165) is 30.0 Å². The number of hydrogen-bond donors (Lipinski definition) is 2. The lowest BCUT2D eigenvalue weighted by atomic mass is 9.86. The van der Waals surface area contributed by atoms with Gasteiger partial charge in [-0.05, 0) is 65.9 Å². The highest BCUT2D eigenvalue weighted by Gasteiger charge is 2.18. The normalized spacial score (nSPS) is 11.0. The molecule has 0 heterocycles. The van der Waals surface area contributed by atoms with Gasteiger partial charge in [-0.2, -0.15) is 0 Å². The third-order valence-electron chi connectivity index (χ3n) is 5.16. The first-order valence-corrected chi connectivity index (χ1v) is 10.9. The van der Waals surface area contributed by atoms with Crippen LogP contribution in [0.4, 0.5) is 5.69 Å². The SMILES string of the molecule is CC(C)(CCOc1ccc(-c2ccccc2)cc1)CCOc1cccc(NC(N)=S)c1. The topological polar surface area (TPSA) is 56.5 Å². The minimum absolute atomic E-state index is 0.110. The summed E-state index contributed by atoms with van der Waals surface area (Å²) in [6.45, 7) is 5.78. The van der Waals surface area contributed by atoms with E-state index in [-0.39, 0.29) is 10.5 Å². The van der Waals surface area contributed by atoms with Gasteiger partial charge in [0.2, 0.25) is 0 Å². The Bertz CT molecular complexity index is 972. The van der Waals surface area contributed by atoms with Gasteiger partial charge < -0.3 is 20.5 Å². The van der Waals surface area contributed by atoms with Gasteiger partial charge in [0.25, 0.3) is 0 Å². The quantitative estimate of drug-likeness (QED) is 0.368. The van der Waals surface area contributed by atoms with Crippen molar-refractivity contribution in [3.05, 3.63) is 78.9 Å². The molecular formula is C26H30N2O2S. The summed E-state index contributed by atoms with van der Waals surface area (Å²) in [5.74, 6) is 1.70. The minimum Gasteiger partial charge on any atom is -0.494 e. The van der Waals surface area contributed by atoms with Crippen molar-refractivity contribution in [2.24, 2.45) is 11.1 Å². The number of ether oxygens (including phenoxy) is 2. The predicted octanol–water partition coefficient (Wildman–Crippen LogP) is 6.27. The van der Waals surface area contributed by atoms with Crippen LogP contribution in [0.1, 0.15) is 26.7 Å². The van der Waals surface area contributed by atoms with Gasteiger partial charge in [0.1, 0.15) is 11.5 Å². The molecule has 0 aromatic heterocycles. The fourth-order valence-corrected chi connectivity index (χ4v) is 3.31. The van der Waals surface area contributed by atoms with E-state index in [0.29, 0.717) is 13.2 Å². The van der Waals surface area contributed by atoms with Crippen molar-refractivity contribution in [1.29, 1.82) is 0 Å². The minimum atomic E-state index is 0.110. The summed E-state index contributed by atoms with van der Waals surface area (Å²) in [6.07, 6.45) is 1.87. The van der Waals surface area contributed by atoms with Crippen LogP contribution in [0.25, 0.3) is 11.1 Å². The second kappa shape index (κ2) is 10.8. The molecule has 3 aromatic carbocycles. The second-order valence-corrected chi connectivity index (χ2v) is 8.71. The van der Waals surface area contributed by atoms with Gasteiger partial charge in [-0.25, -0.2) is 0 Å². The number of thiocarbonyl (C=S) groups is 1. The largest absolute Gasteiger partial charge is 0.494 e. The molecule has 0 bridgehead atoms.